The highest BCUT2D eigenvalue weighted by atomic mass is 16.5. The lowest BCUT2D eigenvalue weighted by atomic mass is 10.0. The predicted octanol–water partition coefficient (Wildman–Crippen LogP) is 3.35. The van der Waals surface area contributed by atoms with Gasteiger partial charge in [0, 0.05) is 18.0 Å². The molecule has 0 aliphatic rings. The maximum absolute atomic E-state index is 5.93. The second-order valence-electron chi connectivity index (χ2n) is 5.20. The molecule has 1 heterocycles. The molecule has 0 amide bonds. The minimum Gasteiger partial charge on any atom is -0.491 e. The first-order valence-electron chi connectivity index (χ1n) is 7.48. The number of benzene rings is 1. The van der Waals surface area contributed by atoms with Crippen LogP contribution in [0.15, 0.2) is 42.7 Å². The van der Waals surface area contributed by atoms with Gasteiger partial charge in [0.15, 0.2) is 0 Å². The van der Waals surface area contributed by atoms with Gasteiger partial charge in [-0.25, -0.2) is 9.97 Å². The van der Waals surface area contributed by atoms with Crippen molar-refractivity contribution in [2.75, 3.05) is 6.54 Å². The van der Waals surface area contributed by atoms with Crippen molar-refractivity contribution in [1.82, 2.24) is 15.3 Å². The highest BCUT2D eigenvalue weighted by Crippen LogP contribution is 2.29. The standard InChI is InChI=1S/C17H23N3O/c1-4-10-18-16(17-19-11-7-12-20-17)14-8-5-6-9-15(14)21-13(2)3/h5-9,11-13,16,18H,4,10H2,1-3H3. The van der Waals surface area contributed by atoms with Crippen molar-refractivity contribution in [2.45, 2.75) is 39.3 Å². The third kappa shape index (κ3) is 4.26. The Hall–Kier alpha value is -1.94. The zero-order valence-corrected chi connectivity index (χ0v) is 12.9. The minimum atomic E-state index is -0.0545. The zero-order valence-electron chi connectivity index (χ0n) is 12.9. The first kappa shape index (κ1) is 15.4. The second kappa shape index (κ2) is 7.74. The summed E-state index contributed by atoms with van der Waals surface area (Å²) in [5.41, 5.74) is 1.07. The number of hydrogen-bond donors (Lipinski definition) is 1. The van der Waals surface area contributed by atoms with Crippen LogP contribution in [0.3, 0.4) is 0 Å². The first-order valence-corrected chi connectivity index (χ1v) is 7.48. The first-order chi connectivity index (χ1) is 10.2. The Morgan fingerprint density at radius 1 is 1.10 bits per heavy atom. The van der Waals surface area contributed by atoms with Crippen molar-refractivity contribution in [2.24, 2.45) is 0 Å². The monoisotopic (exact) mass is 285 g/mol. The fourth-order valence-electron chi connectivity index (χ4n) is 2.17. The lowest BCUT2D eigenvalue weighted by Gasteiger charge is -2.21. The van der Waals surface area contributed by atoms with Crippen molar-refractivity contribution in [3.63, 3.8) is 0 Å². The Kier molecular flexibility index (Phi) is 5.69. The van der Waals surface area contributed by atoms with Gasteiger partial charge in [-0.3, -0.25) is 0 Å². The van der Waals surface area contributed by atoms with Gasteiger partial charge < -0.3 is 10.1 Å². The van der Waals surface area contributed by atoms with E-state index in [-0.39, 0.29) is 12.1 Å². The molecule has 4 heteroatoms. The lowest BCUT2D eigenvalue weighted by Crippen LogP contribution is -2.26. The maximum atomic E-state index is 5.93. The van der Waals surface area contributed by atoms with Crippen molar-refractivity contribution in [3.05, 3.63) is 54.1 Å². The summed E-state index contributed by atoms with van der Waals surface area (Å²) in [5, 5.41) is 3.51. The summed E-state index contributed by atoms with van der Waals surface area (Å²) in [4.78, 5) is 8.80. The van der Waals surface area contributed by atoms with E-state index in [1.54, 1.807) is 12.4 Å². The fourth-order valence-corrected chi connectivity index (χ4v) is 2.17. The van der Waals surface area contributed by atoms with E-state index in [0.717, 1.165) is 30.1 Å². The van der Waals surface area contributed by atoms with Crippen LogP contribution in [0.2, 0.25) is 0 Å². The second-order valence-corrected chi connectivity index (χ2v) is 5.20. The average Bonchev–Trinajstić information content (AvgIpc) is 2.50. The lowest BCUT2D eigenvalue weighted by molar-refractivity contribution is 0.238. The Morgan fingerprint density at radius 2 is 1.81 bits per heavy atom. The van der Waals surface area contributed by atoms with Crippen molar-refractivity contribution in [1.29, 1.82) is 0 Å². The van der Waals surface area contributed by atoms with E-state index in [9.17, 15) is 0 Å². The Balaban J connectivity index is 2.37. The third-order valence-electron chi connectivity index (χ3n) is 3.04. The van der Waals surface area contributed by atoms with Gasteiger partial charge in [0.05, 0.1) is 12.1 Å². The molecule has 21 heavy (non-hydrogen) atoms. The molecule has 0 bridgehead atoms. The number of hydrogen-bond acceptors (Lipinski definition) is 4. The quantitative estimate of drug-likeness (QED) is 0.847. The number of para-hydroxylation sites is 1. The smallest absolute Gasteiger partial charge is 0.149 e. The SMILES string of the molecule is CCCNC(c1ncccn1)c1ccccc1OC(C)C. The number of nitrogens with zero attached hydrogens (tertiary/aromatic N) is 2. The summed E-state index contributed by atoms with van der Waals surface area (Å²) in [6.45, 7) is 7.11. The summed E-state index contributed by atoms with van der Waals surface area (Å²) in [5.74, 6) is 1.65. The van der Waals surface area contributed by atoms with Crippen LogP contribution in [0.1, 0.15) is 44.6 Å². The van der Waals surface area contributed by atoms with E-state index < -0.39 is 0 Å². The molecular formula is C17H23N3O. The van der Waals surface area contributed by atoms with E-state index in [1.165, 1.54) is 0 Å². The fraction of sp³-hybridized carbons (Fsp3) is 0.412. The molecule has 2 rings (SSSR count). The molecule has 1 N–H and O–H groups in total. The molecule has 0 aliphatic carbocycles. The third-order valence-corrected chi connectivity index (χ3v) is 3.04. The van der Waals surface area contributed by atoms with E-state index >= 15 is 0 Å². The normalized spacial score (nSPS) is 12.4. The molecule has 0 spiro atoms. The largest absolute Gasteiger partial charge is 0.491 e. The number of ether oxygens (including phenoxy) is 1. The van der Waals surface area contributed by atoms with E-state index in [4.69, 9.17) is 4.74 Å². The molecule has 1 atom stereocenters. The number of aromatic nitrogens is 2. The Morgan fingerprint density at radius 3 is 2.48 bits per heavy atom. The van der Waals surface area contributed by atoms with Crippen LogP contribution in [0.25, 0.3) is 0 Å². The molecule has 0 saturated heterocycles. The summed E-state index contributed by atoms with van der Waals surface area (Å²) >= 11 is 0. The molecule has 0 radical (unpaired) electrons. The van der Waals surface area contributed by atoms with Crippen molar-refractivity contribution < 1.29 is 4.74 Å². The van der Waals surface area contributed by atoms with E-state index in [2.05, 4.69) is 28.3 Å². The average molecular weight is 285 g/mol. The van der Waals surface area contributed by atoms with Crippen LogP contribution < -0.4 is 10.1 Å². The van der Waals surface area contributed by atoms with Gasteiger partial charge in [0.2, 0.25) is 0 Å². The van der Waals surface area contributed by atoms with E-state index in [1.807, 2.05) is 38.1 Å². The van der Waals surface area contributed by atoms with Gasteiger partial charge in [-0.2, -0.15) is 0 Å². The topological polar surface area (TPSA) is 47.0 Å². The Bertz CT molecular complexity index is 543. The molecule has 1 unspecified atom stereocenters. The summed E-state index contributed by atoms with van der Waals surface area (Å²) in [6, 6.07) is 9.86. The molecule has 0 saturated carbocycles. The van der Waals surface area contributed by atoms with Crippen LogP contribution in [0.5, 0.6) is 5.75 Å². The van der Waals surface area contributed by atoms with Gasteiger partial charge in [-0.15, -0.1) is 0 Å². The van der Waals surface area contributed by atoms with Crippen LogP contribution in [-0.2, 0) is 0 Å². The van der Waals surface area contributed by atoms with Crippen LogP contribution >= 0.6 is 0 Å². The van der Waals surface area contributed by atoms with E-state index in [0.29, 0.717) is 0 Å². The summed E-state index contributed by atoms with van der Waals surface area (Å²) in [6.07, 6.45) is 4.73. The van der Waals surface area contributed by atoms with Crippen molar-refractivity contribution in [3.8, 4) is 5.75 Å². The van der Waals surface area contributed by atoms with Gasteiger partial charge in [-0.1, -0.05) is 25.1 Å². The molecule has 0 aliphatic heterocycles. The predicted molar refractivity (Wildman–Crippen MR) is 84.4 cm³/mol. The number of nitrogens with one attached hydrogen (secondary N) is 1. The summed E-state index contributed by atoms with van der Waals surface area (Å²) < 4.78 is 5.93. The van der Waals surface area contributed by atoms with Crippen LogP contribution in [0, 0.1) is 0 Å². The highest BCUT2D eigenvalue weighted by Gasteiger charge is 2.20. The molecule has 4 nitrogen and oxygen atoms in total. The molecule has 2 aromatic rings. The van der Waals surface area contributed by atoms with Gasteiger partial charge in [0.1, 0.15) is 11.6 Å². The van der Waals surface area contributed by atoms with Crippen LogP contribution in [-0.4, -0.2) is 22.6 Å². The molecular weight excluding hydrogens is 262 g/mol. The highest BCUT2D eigenvalue weighted by molar-refractivity contribution is 5.39. The van der Waals surface area contributed by atoms with Crippen LogP contribution in [0.4, 0.5) is 0 Å². The molecule has 1 aromatic heterocycles. The van der Waals surface area contributed by atoms with Crippen molar-refractivity contribution >= 4 is 0 Å². The Labute approximate surface area is 126 Å². The number of rotatable bonds is 7. The molecule has 1 aromatic carbocycles. The van der Waals surface area contributed by atoms with Gasteiger partial charge >= 0.3 is 0 Å². The minimum absolute atomic E-state index is 0.0545. The van der Waals surface area contributed by atoms with Gasteiger partial charge in [-0.05, 0) is 38.9 Å². The molecule has 0 fully saturated rings. The van der Waals surface area contributed by atoms with Gasteiger partial charge in [0.25, 0.3) is 0 Å². The maximum Gasteiger partial charge on any atom is 0.149 e. The molecule has 112 valence electrons. The zero-order chi connectivity index (χ0) is 15.1. The summed E-state index contributed by atoms with van der Waals surface area (Å²) in [7, 11) is 0.